The van der Waals surface area contributed by atoms with E-state index >= 15 is 0 Å². The summed E-state index contributed by atoms with van der Waals surface area (Å²) in [5.41, 5.74) is 7.87. The highest BCUT2D eigenvalue weighted by Crippen LogP contribution is 2.50. The van der Waals surface area contributed by atoms with Crippen molar-refractivity contribution in [3.05, 3.63) is 34.5 Å². The smallest absolute Gasteiger partial charge is 0.222 e. The molecule has 1 saturated carbocycles. The van der Waals surface area contributed by atoms with Crippen molar-refractivity contribution in [1.29, 1.82) is 0 Å². The van der Waals surface area contributed by atoms with Gasteiger partial charge < -0.3 is 24.8 Å². The molecule has 0 amide bonds. The van der Waals surface area contributed by atoms with Crippen LogP contribution in [0.4, 0.5) is 11.8 Å². The van der Waals surface area contributed by atoms with E-state index in [4.69, 9.17) is 31.5 Å². The minimum absolute atomic E-state index is 0.106. The van der Waals surface area contributed by atoms with E-state index in [0.29, 0.717) is 37.2 Å². The number of ether oxygens (including phenoxy) is 3. The maximum Gasteiger partial charge on any atom is 0.222 e. The predicted molar refractivity (Wildman–Crippen MR) is 111 cm³/mol. The van der Waals surface area contributed by atoms with Crippen molar-refractivity contribution in [2.24, 2.45) is 5.41 Å². The first-order chi connectivity index (χ1) is 14.0. The second-order valence-corrected chi connectivity index (χ2v) is 8.67. The zero-order valence-electron chi connectivity index (χ0n) is 16.5. The summed E-state index contributed by atoms with van der Waals surface area (Å²) < 4.78 is 18.1. The van der Waals surface area contributed by atoms with Gasteiger partial charge in [-0.05, 0) is 37.8 Å². The fraction of sp³-hybridized carbons (Fsp3) is 0.524. The summed E-state index contributed by atoms with van der Waals surface area (Å²) in [4.78, 5) is 10.9. The molecule has 7 nitrogen and oxygen atoms in total. The lowest BCUT2D eigenvalue weighted by Crippen LogP contribution is -2.32. The molecule has 1 aliphatic carbocycles. The number of aromatic nitrogens is 2. The Kier molecular flexibility index (Phi) is 4.67. The van der Waals surface area contributed by atoms with E-state index in [2.05, 4.69) is 14.9 Å². The second-order valence-electron chi connectivity index (χ2n) is 8.26. The summed E-state index contributed by atoms with van der Waals surface area (Å²) in [5, 5.41) is 0.637. The molecule has 154 valence electrons. The van der Waals surface area contributed by atoms with Gasteiger partial charge in [-0.3, -0.25) is 0 Å². The van der Waals surface area contributed by atoms with E-state index < -0.39 is 0 Å². The highest BCUT2D eigenvalue weighted by atomic mass is 35.5. The number of hydrogen-bond acceptors (Lipinski definition) is 7. The third kappa shape index (κ3) is 3.69. The lowest BCUT2D eigenvalue weighted by Gasteiger charge is -2.31. The van der Waals surface area contributed by atoms with Crippen LogP contribution >= 0.6 is 11.6 Å². The van der Waals surface area contributed by atoms with E-state index in [1.807, 2.05) is 25.1 Å². The average Bonchev–Trinajstić information content (AvgIpc) is 3.50. The SMILES string of the molecule is Cc1cc(N2CCCOC[C@H]2c2cc3c(cc2Cl)OCC2(CC2)CO3)nc(N)n1. The van der Waals surface area contributed by atoms with Crippen LogP contribution in [0.1, 0.15) is 36.6 Å². The molecule has 2 aromatic rings. The summed E-state index contributed by atoms with van der Waals surface area (Å²) in [7, 11) is 0. The quantitative estimate of drug-likeness (QED) is 0.801. The molecule has 3 heterocycles. The molecule has 2 aliphatic heterocycles. The molecule has 5 rings (SSSR count). The lowest BCUT2D eigenvalue weighted by molar-refractivity contribution is 0.134. The van der Waals surface area contributed by atoms with Gasteiger partial charge in [-0.1, -0.05) is 11.6 Å². The van der Waals surface area contributed by atoms with Crippen molar-refractivity contribution in [2.45, 2.75) is 32.2 Å². The third-order valence-corrected chi connectivity index (χ3v) is 6.27. The molecular weight excluding hydrogens is 392 g/mol. The minimum atomic E-state index is -0.106. The van der Waals surface area contributed by atoms with Crippen LogP contribution in [0.15, 0.2) is 18.2 Å². The number of benzene rings is 1. The van der Waals surface area contributed by atoms with Gasteiger partial charge in [-0.15, -0.1) is 0 Å². The van der Waals surface area contributed by atoms with Crippen LogP contribution in [0.3, 0.4) is 0 Å². The van der Waals surface area contributed by atoms with Crippen LogP contribution in [0.2, 0.25) is 5.02 Å². The number of aryl methyl sites for hydroxylation is 1. The van der Waals surface area contributed by atoms with Gasteiger partial charge in [-0.25, -0.2) is 4.98 Å². The van der Waals surface area contributed by atoms with Gasteiger partial charge in [0, 0.05) is 41.4 Å². The summed E-state index contributed by atoms with van der Waals surface area (Å²) in [6.45, 7) is 5.28. The number of nitrogen functional groups attached to an aromatic ring is 1. The van der Waals surface area contributed by atoms with Gasteiger partial charge in [0.15, 0.2) is 11.5 Å². The van der Waals surface area contributed by atoms with Crippen molar-refractivity contribution in [3.63, 3.8) is 0 Å². The van der Waals surface area contributed by atoms with E-state index in [0.717, 1.165) is 48.6 Å². The molecule has 3 aliphatic rings. The van der Waals surface area contributed by atoms with Gasteiger partial charge in [-0.2, -0.15) is 4.98 Å². The van der Waals surface area contributed by atoms with E-state index in [1.165, 1.54) is 0 Å². The highest BCUT2D eigenvalue weighted by Gasteiger charge is 2.46. The van der Waals surface area contributed by atoms with E-state index in [9.17, 15) is 0 Å². The Morgan fingerprint density at radius 1 is 1.14 bits per heavy atom. The Bertz CT molecular complexity index is 914. The number of nitrogens with zero attached hydrogens (tertiary/aromatic N) is 3. The molecule has 1 aromatic carbocycles. The van der Waals surface area contributed by atoms with Crippen LogP contribution in [0, 0.1) is 12.3 Å². The van der Waals surface area contributed by atoms with Crippen molar-refractivity contribution >= 4 is 23.4 Å². The highest BCUT2D eigenvalue weighted by molar-refractivity contribution is 6.31. The first kappa shape index (κ1) is 18.8. The molecule has 1 saturated heterocycles. The molecule has 2 fully saturated rings. The Balaban J connectivity index is 1.52. The molecule has 1 atom stereocenters. The van der Waals surface area contributed by atoms with Gasteiger partial charge in [0.25, 0.3) is 0 Å². The Morgan fingerprint density at radius 2 is 1.90 bits per heavy atom. The standard InChI is InChI=1S/C21H25ClN4O3/c1-13-7-19(25-20(23)24-13)26-5-2-6-27-10-16(26)14-8-17-18(9-15(14)22)29-12-21(3-4-21)11-28-17/h7-9,16H,2-6,10-12H2,1H3,(H2,23,24,25)/t16-/m0/s1. The summed E-state index contributed by atoms with van der Waals surface area (Å²) >= 11 is 6.73. The fourth-order valence-electron chi connectivity index (χ4n) is 4.03. The van der Waals surface area contributed by atoms with Crippen molar-refractivity contribution in [2.75, 3.05) is 43.6 Å². The zero-order valence-corrected chi connectivity index (χ0v) is 17.2. The van der Waals surface area contributed by atoms with Gasteiger partial charge >= 0.3 is 0 Å². The van der Waals surface area contributed by atoms with Crippen LogP contribution in [-0.4, -0.2) is 42.9 Å². The van der Waals surface area contributed by atoms with Crippen LogP contribution in [-0.2, 0) is 4.74 Å². The number of halogens is 1. The Labute approximate surface area is 175 Å². The molecule has 1 spiro atoms. The lowest BCUT2D eigenvalue weighted by atomic mass is 10.0. The Hall–Kier alpha value is -2.25. The van der Waals surface area contributed by atoms with Gasteiger partial charge in [0.05, 0.1) is 25.9 Å². The minimum Gasteiger partial charge on any atom is -0.489 e. The number of anilines is 2. The molecule has 8 heteroatoms. The number of nitrogens with two attached hydrogens (primary N) is 1. The number of hydrogen-bond donors (Lipinski definition) is 1. The maximum atomic E-state index is 6.73. The maximum absolute atomic E-state index is 6.73. The number of fused-ring (bicyclic) bond motifs is 1. The molecule has 1 aromatic heterocycles. The summed E-state index contributed by atoms with van der Waals surface area (Å²) in [5.74, 6) is 2.51. The van der Waals surface area contributed by atoms with Crippen molar-refractivity contribution in [1.82, 2.24) is 9.97 Å². The predicted octanol–water partition coefficient (Wildman–Crippen LogP) is 3.54. The van der Waals surface area contributed by atoms with E-state index in [1.54, 1.807) is 0 Å². The second kappa shape index (κ2) is 7.22. The average molecular weight is 417 g/mol. The van der Waals surface area contributed by atoms with Gasteiger partial charge in [0.2, 0.25) is 5.95 Å². The molecular formula is C21H25ClN4O3. The fourth-order valence-corrected chi connectivity index (χ4v) is 4.31. The van der Waals surface area contributed by atoms with Crippen LogP contribution < -0.4 is 20.1 Å². The third-order valence-electron chi connectivity index (χ3n) is 5.94. The summed E-state index contributed by atoms with van der Waals surface area (Å²) in [6.07, 6.45) is 3.20. The molecule has 29 heavy (non-hydrogen) atoms. The van der Waals surface area contributed by atoms with Crippen LogP contribution in [0.25, 0.3) is 0 Å². The molecule has 0 radical (unpaired) electrons. The van der Waals surface area contributed by atoms with Crippen molar-refractivity contribution in [3.8, 4) is 11.5 Å². The normalized spacial score (nSPS) is 22.8. The van der Waals surface area contributed by atoms with Gasteiger partial charge in [0.1, 0.15) is 5.82 Å². The van der Waals surface area contributed by atoms with Crippen LogP contribution in [0.5, 0.6) is 11.5 Å². The first-order valence-electron chi connectivity index (χ1n) is 10.1. The zero-order chi connectivity index (χ0) is 20.0. The monoisotopic (exact) mass is 416 g/mol. The van der Waals surface area contributed by atoms with Crippen molar-refractivity contribution < 1.29 is 14.2 Å². The molecule has 0 bridgehead atoms. The molecule has 0 unspecified atom stereocenters. The first-order valence-corrected chi connectivity index (χ1v) is 10.5. The summed E-state index contributed by atoms with van der Waals surface area (Å²) in [6, 6.07) is 5.72. The van der Waals surface area contributed by atoms with E-state index in [-0.39, 0.29) is 17.4 Å². The largest absolute Gasteiger partial charge is 0.489 e. The molecule has 2 N–H and O–H groups in total. The number of rotatable bonds is 2. The Morgan fingerprint density at radius 3 is 2.62 bits per heavy atom. The topological polar surface area (TPSA) is 82.7 Å².